The third-order valence-electron chi connectivity index (χ3n) is 8.75. The molecule has 0 bridgehead atoms. The van der Waals surface area contributed by atoms with Crippen LogP contribution in [0.1, 0.15) is 0 Å². The molecule has 46 heavy (non-hydrogen) atoms. The monoisotopic (exact) mass is 586 g/mol. The van der Waals surface area contributed by atoms with Gasteiger partial charge in [-0.25, -0.2) is 15.0 Å². The van der Waals surface area contributed by atoms with E-state index in [4.69, 9.17) is 19.9 Å². The van der Waals surface area contributed by atoms with Crippen LogP contribution in [-0.4, -0.2) is 19.9 Å². The molecule has 0 amide bonds. The van der Waals surface area contributed by atoms with Gasteiger partial charge in [0, 0.05) is 22.7 Å². The van der Waals surface area contributed by atoms with Crippen molar-refractivity contribution in [2.24, 2.45) is 0 Å². The van der Waals surface area contributed by atoms with Crippen molar-refractivity contribution < 1.29 is 0 Å². The maximum absolute atomic E-state index is 4.99. The molecule has 0 spiro atoms. The third-order valence-corrected chi connectivity index (χ3v) is 8.75. The predicted octanol–water partition coefficient (Wildman–Crippen LogP) is 10.5. The van der Waals surface area contributed by atoms with Crippen LogP contribution >= 0.6 is 0 Å². The van der Waals surface area contributed by atoms with Crippen molar-refractivity contribution in [3.8, 4) is 45.4 Å². The van der Waals surface area contributed by atoms with E-state index in [1.165, 1.54) is 37.9 Å². The molecule has 9 aromatic rings. The van der Waals surface area contributed by atoms with Crippen molar-refractivity contribution in [3.63, 3.8) is 0 Å². The second-order valence-corrected chi connectivity index (χ2v) is 11.5. The Hall–Kier alpha value is -6.26. The number of hydrogen-bond donors (Lipinski definition) is 0. The van der Waals surface area contributed by atoms with Gasteiger partial charge in [-0.15, -0.1) is 0 Å². The van der Waals surface area contributed by atoms with Crippen molar-refractivity contribution in [1.82, 2.24) is 19.9 Å². The highest BCUT2D eigenvalue weighted by Gasteiger charge is 2.15. The van der Waals surface area contributed by atoms with Crippen LogP contribution in [0.15, 0.2) is 158 Å². The molecule has 0 aliphatic heterocycles. The van der Waals surface area contributed by atoms with Crippen LogP contribution in [0, 0.1) is 0 Å². The Morgan fingerprint density at radius 3 is 1.70 bits per heavy atom. The molecule has 0 aliphatic rings. The number of rotatable bonds is 4. The minimum atomic E-state index is 0.543. The van der Waals surface area contributed by atoms with Crippen molar-refractivity contribution >= 4 is 43.1 Å². The molecule has 4 heteroatoms. The van der Waals surface area contributed by atoms with Gasteiger partial charge < -0.3 is 0 Å². The highest BCUT2D eigenvalue weighted by molar-refractivity contribution is 6.20. The summed E-state index contributed by atoms with van der Waals surface area (Å²) in [5.74, 6) is 1.77. The van der Waals surface area contributed by atoms with Crippen molar-refractivity contribution in [1.29, 1.82) is 0 Å². The normalized spacial score (nSPS) is 11.5. The zero-order valence-corrected chi connectivity index (χ0v) is 24.8. The molecule has 0 N–H and O–H groups in total. The minimum Gasteiger partial charge on any atom is -0.252 e. The highest BCUT2D eigenvalue weighted by atomic mass is 15.0. The number of nitrogens with zero attached hydrogens (tertiary/aromatic N) is 4. The highest BCUT2D eigenvalue weighted by Crippen LogP contribution is 2.34. The Labute approximate surface area is 265 Å². The van der Waals surface area contributed by atoms with E-state index in [2.05, 4.69) is 121 Å². The lowest BCUT2D eigenvalue weighted by Crippen LogP contribution is -2.01. The molecule has 0 fully saturated rings. The maximum atomic E-state index is 4.99. The Balaban J connectivity index is 1.18. The van der Waals surface area contributed by atoms with Crippen LogP contribution in [0.2, 0.25) is 0 Å². The second-order valence-electron chi connectivity index (χ2n) is 11.5. The Kier molecular flexibility index (Phi) is 6.10. The van der Waals surface area contributed by atoms with Gasteiger partial charge in [-0.05, 0) is 54.9 Å². The van der Waals surface area contributed by atoms with Crippen LogP contribution in [0.3, 0.4) is 0 Å². The predicted molar refractivity (Wildman–Crippen MR) is 189 cm³/mol. The fraction of sp³-hybridized carbons (Fsp3) is 0. The average molecular weight is 587 g/mol. The van der Waals surface area contributed by atoms with E-state index in [9.17, 15) is 0 Å². The fourth-order valence-electron chi connectivity index (χ4n) is 6.46. The van der Waals surface area contributed by atoms with Crippen LogP contribution in [-0.2, 0) is 0 Å². The lowest BCUT2D eigenvalue weighted by Gasteiger charge is -2.11. The lowest BCUT2D eigenvalue weighted by atomic mass is 9.97. The van der Waals surface area contributed by atoms with Crippen molar-refractivity contribution in [3.05, 3.63) is 158 Å². The molecule has 9 rings (SSSR count). The van der Waals surface area contributed by atoms with E-state index in [0.717, 1.165) is 27.5 Å². The van der Waals surface area contributed by atoms with E-state index in [1.807, 2.05) is 36.5 Å². The summed E-state index contributed by atoms with van der Waals surface area (Å²) >= 11 is 0. The Bertz CT molecular complexity index is 2570. The largest absolute Gasteiger partial charge is 0.252 e. The van der Waals surface area contributed by atoms with Gasteiger partial charge in [-0.1, -0.05) is 146 Å². The summed E-state index contributed by atoms with van der Waals surface area (Å²) in [7, 11) is 0. The molecule has 0 atom stereocenters. The lowest BCUT2D eigenvalue weighted by molar-refractivity contribution is 1.06. The molecule has 2 aromatic heterocycles. The van der Waals surface area contributed by atoms with Gasteiger partial charge >= 0.3 is 0 Å². The number of fused-ring (bicyclic) bond motifs is 6. The number of hydrogen-bond acceptors (Lipinski definition) is 4. The number of aromatic nitrogens is 4. The van der Waals surface area contributed by atoms with Gasteiger partial charge in [0.05, 0.1) is 0 Å². The van der Waals surface area contributed by atoms with E-state index in [0.29, 0.717) is 23.2 Å². The van der Waals surface area contributed by atoms with E-state index in [-0.39, 0.29) is 0 Å². The first-order chi connectivity index (χ1) is 22.8. The van der Waals surface area contributed by atoms with E-state index < -0.39 is 0 Å². The molecule has 2 heterocycles. The SMILES string of the molecule is c1ccc(-c2nc(-c3ccc(-c4cccc5ccccc45)cc3)nc(-c3cc4ccc5ccc6ccccc6c5c4cn3)n2)cc1. The molecule has 7 aromatic carbocycles. The van der Waals surface area contributed by atoms with Gasteiger partial charge in [0.25, 0.3) is 0 Å². The Morgan fingerprint density at radius 2 is 0.913 bits per heavy atom. The van der Waals surface area contributed by atoms with Gasteiger partial charge in [0.15, 0.2) is 17.5 Å². The molecule has 4 nitrogen and oxygen atoms in total. The summed E-state index contributed by atoms with van der Waals surface area (Å²) in [6, 6.07) is 52.7. The van der Waals surface area contributed by atoms with Gasteiger partial charge in [-0.2, -0.15) is 0 Å². The summed E-state index contributed by atoms with van der Waals surface area (Å²) in [5.41, 5.74) is 4.90. The molecular weight excluding hydrogens is 560 g/mol. The van der Waals surface area contributed by atoms with Crippen LogP contribution in [0.5, 0.6) is 0 Å². The first kappa shape index (κ1) is 26.2. The summed E-state index contributed by atoms with van der Waals surface area (Å²) in [5, 5.41) is 9.51. The average Bonchev–Trinajstić information content (AvgIpc) is 3.14. The smallest absolute Gasteiger partial charge is 0.182 e. The van der Waals surface area contributed by atoms with Crippen LogP contribution < -0.4 is 0 Å². The molecule has 0 saturated heterocycles. The van der Waals surface area contributed by atoms with Crippen molar-refractivity contribution in [2.75, 3.05) is 0 Å². The molecule has 214 valence electrons. The zero-order valence-electron chi connectivity index (χ0n) is 24.8. The topological polar surface area (TPSA) is 51.6 Å². The molecule has 0 saturated carbocycles. The standard InChI is InChI=1S/C42H26N4/c1-2-11-31(12-3-1)40-44-41(32-22-18-29(19-23-32)35-16-8-13-27-9-4-6-14-34(27)35)46-42(45-40)38-25-33-24-21-30-20-17-28-10-5-7-15-36(28)39(30)37(33)26-43-38/h1-26H. The Morgan fingerprint density at radius 1 is 0.348 bits per heavy atom. The molecule has 0 unspecified atom stereocenters. The van der Waals surface area contributed by atoms with Crippen LogP contribution in [0.25, 0.3) is 88.5 Å². The van der Waals surface area contributed by atoms with Crippen LogP contribution in [0.4, 0.5) is 0 Å². The maximum Gasteiger partial charge on any atom is 0.182 e. The van der Waals surface area contributed by atoms with Crippen molar-refractivity contribution in [2.45, 2.75) is 0 Å². The zero-order chi connectivity index (χ0) is 30.5. The van der Waals surface area contributed by atoms with Gasteiger partial charge in [0.2, 0.25) is 0 Å². The summed E-state index contributed by atoms with van der Waals surface area (Å²) in [4.78, 5) is 19.8. The summed E-state index contributed by atoms with van der Waals surface area (Å²) in [6.07, 6.45) is 1.96. The van der Waals surface area contributed by atoms with E-state index >= 15 is 0 Å². The third kappa shape index (κ3) is 4.47. The molecule has 0 aliphatic carbocycles. The number of benzene rings is 7. The summed E-state index contributed by atoms with van der Waals surface area (Å²) in [6.45, 7) is 0. The first-order valence-electron chi connectivity index (χ1n) is 15.4. The molecular formula is C42H26N4. The molecule has 0 radical (unpaired) electrons. The minimum absolute atomic E-state index is 0.543. The number of pyridine rings is 1. The van der Waals surface area contributed by atoms with Gasteiger partial charge in [0.1, 0.15) is 5.69 Å². The first-order valence-corrected chi connectivity index (χ1v) is 15.4. The quantitative estimate of drug-likeness (QED) is 0.193. The van der Waals surface area contributed by atoms with Gasteiger partial charge in [-0.3, -0.25) is 4.98 Å². The fourth-order valence-corrected chi connectivity index (χ4v) is 6.46. The van der Waals surface area contributed by atoms with E-state index in [1.54, 1.807) is 0 Å². The summed E-state index contributed by atoms with van der Waals surface area (Å²) < 4.78 is 0. The second kappa shape index (κ2) is 10.7.